The molecule has 3 rings (SSSR count). The standard InChI is InChI=1S/C21H22FN3O3/c22-17-10-6-15(7-11-17)20(27)24-25-21(28)16-8-12-18(13-9-16)23-19(26)14-4-2-1-3-5-14/h6-14H,1-5H2,(H,23,26)(H,24,27)(H,25,28). The molecule has 0 aliphatic heterocycles. The predicted octanol–water partition coefficient (Wildman–Crippen LogP) is 3.42. The molecular weight excluding hydrogens is 361 g/mol. The Kier molecular flexibility index (Phi) is 6.37. The van der Waals surface area contributed by atoms with E-state index in [1.807, 2.05) is 0 Å². The highest BCUT2D eigenvalue weighted by Crippen LogP contribution is 2.25. The number of carbonyl (C=O) groups excluding carboxylic acids is 3. The highest BCUT2D eigenvalue weighted by molar-refractivity contribution is 5.99. The maximum Gasteiger partial charge on any atom is 0.269 e. The first-order valence-corrected chi connectivity index (χ1v) is 9.30. The molecular formula is C21H22FN3O3. The topological polar surface area (TPSA) is 87.3 Å². The van der Waals surface area contributed by atoms with Crippen LogP contribution in [0.1, 0.15) is 52.8 Å². The van der Waals surface area contributed by atoms with Gasteiger partial charge in [-0.3, -0.25) is 25.2 Å². The second-order valence-electron chi connectivity index (χ2n) is 6.82. The summed E-state index contributed by atoms with van der Waals surface area (Å²) in [5, 5.41) is 2.88. The second-order valence-corrected chi connectivity index (χ2v) is 6.82. The minimum absolute atomic E-state index is 0.0171. The lowest BCUT2D eigenvalue weighted by Crippen LogP contribution is -2.41. The van der Waals surface area contributed by atoms with Crippen LogP contribution in [-0.2, 0) is 4.79 Å². The molecule has 146 valence electrons. The molecule has 2 aromatic carbocycles. The Bertz CT molecular complexity index is 844. The number of hydrazine groups is 1. The van der Waals surface area contributed by atoms with E-state index in [9.17, 15) is 18.8 Å². The molecule has 6 nitrogen and oxygen atoms in total. The van der Waals surface area contributed by atoms with E-state index in [2.05, 4.69) is 16.2 Å². The first-order chi connectivity index (χ1) is 13.5. The number of rotatable bonds is 4. The highest BCUT2D eigenvalue weighted by atomic mass is 19.1. The van der Waals surface area contributed by atoms with Gasteiger partial charge in [-0.1, -0.05) is 19.3 Å². The summed E-state index contributed by atoms with van der Waals surface area (Å²) < 4.78 is 12.9. The quantitative estimate of drug-likeness (QED) is 0.707. The third kappa shape index (κ3) is 5.16. The summed E-state index contributed by atoms with van der Waals surface area (Å²) in [5.74, 6) is -1.43. The Balaban J connectivity index is 1.51. The van der Waals surface area contributed by atoms with Crippen LogP contribution in [0, 0.1) is 11.7 Å². The molecule has 0 spiro atoms. The van der Waals surface area contributed by atoms with Gasteiger partial charge in [0.05, 0.1) is 0 Å². The summed E-state index contributed by atoms with van der Waals surface area (Å²) in [7, 11) is 0. The smallest absolute Gasteiger partial charge is 0.269 e. The van der Waals surface area contributed by atoms with Gasteiger partial charge in [-0.2, -0.15) is 0 Å². The number of benzene rings is 2. The van der Waals surface area contributed by atoms with Crippen LogP contribution in [0.3, 0.4) is 0 Å². The first-order valence-electron chi connectivity index (χ1n) is 9.30. The van der Waals surface area contributed by atoms with Crippen LogP contribution in [0.4, 0.5) is 10.1 Å². The summed E-state index contributed by atoms with van der Waals surface area (Å²) in [6, 6.07) is 11.4. The molecule has 7 heteroatoms. The van der Waals surface area contributed by atoms with Gasteiger partial charge in [0.1, 0.15) is 5.82 Å². The van der Waals surface area contributed by atoms with Crippen molar-refractivity contribution in [3.05, 3.63) is 65.5 Å². The minimum Gasteiger partial charge on any atom is -0.326 e. The van der Waals surface area contributed by atoms with Crippen molar-refractivity contribution in [2.45, 2.75) is 32.1 Å². The zero-order chi connectivity index (χ0) is 19.9. The van der Waals surface area contributed by atoms with E-state index in [4.69, 9.17) is 0 Å². The molecule has 0 heterocycles. The lowest BCUT2D eigenvalue weighted by molar-refractivity contribution is -0.120. The second kappa shape index (κ2) is 9.12. The van der Waals surface area contributed by atoms with Crippen molar-refractivity contribution in [1.29, 1.82) is 0 Å². The maximum atomic E-state index is 12.9. The zero-order valence-corrected chi connectivity index (χ0v) is 15.3. The highest BCUT2D eigenvalue weighted by Gasteiger charge is 2.21. The van der Waals surface area contributed by atoms with Gasteiger partial charge in [0, 0.05) is 22.7 Å². The molecule has 3 N–H and O–H groups in total. The normalized spacial score (nSPS) is 14.2. The van der Waals surface area contributed by atoms with E-state index in [0.29, 0.717) is 11.3 Å². The summed E-state index contributed by atoms with van der Waals surface area (Å²) >= 11 is 0. The SMILES string of the molecule is O=C(NNC(=O)c1ccc(NC(=O)C2CCCCC2)cc1)c1ccc(F)cc1. The Morgan fingerprint density at radius 2 is 1.25 bits per heavy atom. The number of hydrogen-bond donors (Lipinski definition) is 3. The van der Waals surface area contributed by atoms with Crippen LogP contribution in [-0.4, -0.2) is 17.7 Å². The molecule has 3 amide bonds. The van der Waals surface area contributed by atoms with Crippen LogP contribution >= 0.6 is 0 Å². The van der Waals surface area contributed by atoms with Gasteiger partial charge in [0.15, 0.2) is 0 Å². The average Bonchev–Trinajstić information content (AvgIpc) is 2.73. The number of anilines is 1. The molecule has 1 saturated carbocycles. The number of carbonyl (C=O) groups is 3. The van der Waals surface area contributed by atoms with Crippen molar-refractivity contribution in [2.24, 2.45) is 5.92 Å². The number of amides is 3. The van der Waals surface area contributed by atoms with Crippen molar-refractivity contribution in [3.63, 3.8) is 0 Å². The largest absolute Gasteiger partial charge is 0.326 e. The van der Waals surface area contributed by atoms with Crippen molar-refractivity contribution >= 4 is 23.4 Å². The maximum absolute atomic E-state index is 12.9. The fourth-order valence-corrected chi connectivity index (χ4v) is 3.17. The fraction of sp³-hybridized carbons (Fsp3) is 0.286. The Morgan fingerprint density at radius 1 is 0.750 bits per heavy atom. The Hall–Kier alpha value is -3.22. The van der Waals surface area contributed by atoms with E-state index >= 15 is 0 Å². The number of hydrogen-bond acceptors (Lipinski definition) is 3. The molecule has 1 fully saturated rings. The predicted molar refractivity (Wildman–Crippen MR) is 103 cm³/mol. The molecule has 0 saturated heterocycles. The van der Waals surface area contributed by atoms with Gasteiger partial charge in [0.25, 0.3) is 11.8 Å². The van der Waals surface area contributed by atoms with Crippen LogP contribution in [0.25, 0.3) is 0 Å². The molecule has 28 heavy (non-hydrogen) atoms. The molecule has 2 aromatic rings. The van der Waals surface area contributed by atoms with Crippen molar-refractivity contribution in [2.75, 3.05) is 5.32 Å². The molecule has 0 bridgehead atoms. The number of nitrogens with one attached hydrogen (secondary N) is 3. The Labute approximate surface area is 162 Å². The third-order valence-electron chi connectivity index (χ3n) is 4.79. The van der Waals surface area contributed by atoms with E-state index < -0.39 is 17.6 Å². The molecule has 1 aliphatic rings. The van der Waals surface area contributed by atoms with E-state index in [1.54, 1.807) is 24.3 Å². The van der Waals surface area contributed by atoms with Crippen molar-refractivity contribution < 1.29 is 18.8 Å². The minimum atomic E-state index is -0.551. The lowest BCUT2D eigenvalue weighted by atomic mass is 9.88. The van der Waals surface area contributed by atoms with Gasteiger partial charge in [-0.25, -0.2) is 4.39 Å². The van der Waals surface area contributed by atoms with E-state index in [1.165, 1.54) is 18.6 Å². The molecule has 1 aliphatic carbocycles. The summed E-state index contributed by atoms with van der Waals surface area (Å²) in [5.41, 5.74) is 5.76. The van der Waals surface area contributed by atoms with Gasteiger partial charge in [0.2, 0.25) is 5.91 Å². The van der Waals surface area contributed by atoms with Crippen LogP contribution in [0.15, 0.2) is 48.5 Å². The third-order valence-corrected chi connectivity index (χ3v) is 4.79. The van der Waals surface area contributed by atoms with E-state index in [0.717, 1.165) is 37.8 Å². The molecule has 0 aromatic heterocycles. The van der Waals surface area contributed by atoms with Crippen LogP contribution in [0.5, 0.6) is 0 Å². The molecule has 0 atom stereocenters. The van der Waals surface area contributed by atoms with Gasteiger partial charge < -0.3 is 5.32 Å². The zero-order valence-electron chi connectivity index (χ0n) is 15.3. The number of halogens is 1. The summed E-state index contributed by atoms with van der Waals surface area (Å²) in [6.45, 7) is 0. The van der Waals surface area contributed by atoms with Gasteiger partial charge in [-0.05, 0) is 61.4 Å². The van der Waals surface area contributed by atoms with Crippen LogP contribution < -0.4 is 16.2 Å². The molecule has 0 radical (unpaired) electrons. The van der Waals surface area contributed by atoms with Crippen molar-refractivity contribution in [1.82, 2.24) is 10.9 Å². The monoisotopic (exact) mass is 383 g/mol. The summed E-state index contributed by atoms with van der Waals surface area (Å²) in [4.78, 5) is 36.3. The van der Waals surface area contributed by atoms with Gasteiger partial charge in [-0.15, -0.1) is 0 Å². The van der Waals surface area contributed by atoms with Crippen molar-refractivity contribution in [3.8, 4) is 0 Å². The first kappa shape index (κ1) is 19.5. The Morgan fingerprint density at radius 3 is 1.79 bits per heavy atom. The van der Waals surface area contributed by atoms with Gasteiger partial charge >= 0.3 is 0 Å². The summed E-state index contributed by atoms with van der Waals surface area (Å²) in [6.07, 6.45) is 5.19. The van der Waals surface area contributed by atoms with E-state index in [-0.39, 0.29) is 17.4 Å². The fourth-order valence-electron chi connectivity index (χ4n) is 3.17. The molecule has 0 unspecified atom stereocenters. The average molecular weight is 383 g/mol. The van der Waals surface area contributed by atoms with Crippen LogP contribution in [0.2, 0.25) is 0 Å². The lowest BCUT2D eigenvalue weighted by Gasteiger charge is -2.20.